The topological polar surface area (TPSA) is 101 Å². The van der Waals surface area contributed by atoms with Crippen LogP contribution in [-0.2, 0) is 21.2 Å². The highest BCUT2D eigenvalue weighted by Gasteiger charge is 2.45. The summed E-state index contributed by atoms with van der Waals surface area (Å²) in [6.45, 7) is 0.182. The Morgan fingerprint density at radius 1 is 0.972 bits per heavy atom. The van der Waals surface area contributed by atoms with Gasteiger partial charge in [0, 0.05) is 30.8 Å². The molecule has 4 aromatic rings. The van der Waals surface area contributed by atoms with Crippen LogP contribution in [0.4, 0.5) is 0 Å². The maximum absolute atomic E-state index is 13.7. The first-order valence-electron chi connectivity index (χ1n) is 11.4. The second-order valence-corrected chi connectivity index (χ2v) is 10.6. The minimum Gasteiger partial charge on any atom is -0.350 e. The third kappa shape index (κ3) is 4.40. The number of aromatic nitrogens is 2. The van der Waals surface area contributed by atoms with Crippen molar-refractivity contribution in [3.8, 4) is 0 Å². The van der Waals surface area contributed by atoms with Crippen molar-refractivity contribution in [1.29, 1.82) is 0 Å². The van der Waals surface area contributed by atoms with E-state index in [1.807, 2.05) is 36.4 Å². The Morgan fingerprint density at radius 2 is 1.67 bits per heavy atom. The average molecular weight is 501 g/mol. The number of carbonyl (C=O) groups is 2. The summed E-state index contributed by atoms with van der Waals surface area (Å²) in [7, 11) is -3.31. The molecule has 8 nitrogen and oxygen atoms in total. The number of nitrogens with zero attached hydrogens (tertiary/aromatic N) is 3. The van der Waals surface area contributed by atoms with Crippen LogP contribution in [0.2, 0.25) is 0 Å². The average Bonchev–Trinajstić information content (AvgIpc) is 3.51. The number of fused-ring (bicyclic) bond motifs is 1. The van der Waals surface area contributed by atoms with Gasteiger partial charge in [-0.1, -0.05) is 60.7 Å². The molecule has 1 aliphatic heterocycles. The number of nitrogens with one attached hydrogen (secondary N) is 1. The van der Waals surface area contributed by atoms with Crippen LogP contribution in [0.3, 0.4) is 0 Å². The normalized spacial score (nSPS) is 16.0. The van der Waals surface area contributed by atoms with Gasteiger partial charge < -0.3 is 5.32 Å². The number of benzene rings is 3. The molecule has 36 heavy (non-hydrogen) atoms. The van der Waals surface area contributed by atoms with Gasteiger partial charge in [-0.15, -0.1) is 0 Å². The number of sulfone groups is 1. The Morgan fingerprint density at radius 3 is 2.33 bits per heavy atom. The smallest absolute Gasteiger partial charge is 0.257 e. The molecule has 1 aromatic heterocycles. The van der Waals surface area contributed by atoms with Gasteiger partial charge in [0.2, 0.25) is 5.91 Å². The van der Waals surface area contributed by atoms with Gasteiger partial charge in [0.15, 0.2) is 16.0 Å². The van der Waals surface area contributed by atoms with Gasteiger partial charge in [0.05, 0.1) is 4.90 Å². The van der Waals surface area contributed by atoms with Gasteiger partial charge in [-0.2, -0.15) is 5.10 Å². The van der Waals surface area contributed by atoms with Crippen molar-refractivity contribution in [1.82, 2.24) is 20.0 Å². The molecule has 182 valence electrons. The number of carbonyl (C=O) groups excluding carboxylic acids is 2. The molecule has 2 unspecified atom stereocenters. The van der Waals surface area contributed by atoms with Crippen molar-refractivity contribution in [3.05, 3.63) is 120 Å². The molecule has 1 aliphatic rings. The van der Waals surface area contributed by atoms with Crippen molar-refractivity contribution in [2.24, 2.45) is 0 Å². The molecular weight excluding hydrogens is 476 g/mol. The van der Waals surface area contributed by atoms with Gasteiger partial charge in [0.1, 0.15) is 6.04 Å². The second-order valence-electron chi connectivity index (χ2n) is 8.61. The van der Waals surface area contributed by atoms with Gasteiger partial charge >= 0.3 is 0 Å². The Labute approximate surface area is 209 Å². The van der Waals surface area contributed by atoms with Crippen LogP contribution in [0, 0.1) is 0 Å². The molecule has 2 heterocycles. The van der Waals surface area contributed by atoms with Crippen LogP contribution >= 0.6 is 0 Å². The van der Waals surface area contributed by atoms with E-state index in [2.05, 4.69) is 10.4 Å². The summed E-state index contributed by atoms with van der Waals surface area (Å²) < 4.78 is 25.1. The minimum atomic E-state index is -3.31. The molecule has 0 saturated carbocycles. The van der Waals surface area contributed by atoms with Crippen LogP contribution in [0.25, 0.3) is 0 Å². The molecule has 0 saturated heterocycles. The van der Waals surface area contributed by atoms with Crippen molar-refractivity contribution in [2.75, 3.05) is 6.26 Å². The van der Waals surface area contributed by atoms with Gasteiger partial charge in [-0.3, -0.25) is 14.5 Å². The molecule has 9 heteroatoms. The van der Waals surface area contributed by atoms with Gasteiger partial charge in [-0.05, 0) is 41.0 Å². The number of rotatable bonds is 7. The quantitative estimate of drug-likeness (QED) is 0.419. The van der Waals surface area contributed by atoms with E-state index in [-0.39, 0.29) is 23.3 Å². The Balaban J connectivity index is 1.49. The monoisotopic (exact) mass is 500 g/mol. The molecule has 0 radical (unpaired) electrons. The fourth-order valence-corrected chi connectivity index (χ4v) is 5.12. The maximum atomic E-state index is 13.7. The molecule has 2 atom stereocenters. The molecule has 0 aliphatic carbocycles. The first-order valence-corrected chi connectivity index (χ1v) is 13.3. The summed E-state index contributed by atoms with van der Waals surface area (Å²) in [6.07, 6.45) is 3.92. The summed E-state index contributed by atoms with van der Waals surface area (Å²) in [4.78, 5) is 29.1. The zero-order valence-electron chi connectivity index (χ0n) is 19.5. The van der Waals surface area contributed by atoms with E-state index in [1.54, 1.807) is 58.4 Å². The lowest BCUT2D eigenvalue weighted by Crippen LogP contribution is -2.43. The Bertz CT molecular complexity index is 1500. The molecule has 0 bridgehead atoms. The predicted molar refractivity (Wildman–Crippen MR) is 134 cm³/mol. The molecule has 3 aromatic carbocycles. The molecule has 0 spiro atoms. The molecule has 5 rings (SSSR count). The van der Waals surface area contributed by atoms with Crippen LogP contribution in [0.15, 0.2) is 102 Å². The molecule has 2 amide bonds. The van der Waals surface area contributed by atoms with Gasteiger partial charge in [-0.25, -0.2) is 13.1 Å². The van der Waals surface area contributed by atoms with E-state index in [0.29, 0.717) is 11.1 Å². The largest absolute Gasteiger partial charge is 0.350 e. The molecule has 0 fully saturated rings. The zero-order chi connectivity index (χ0) is 25.3. The van der Waals surface area contributed by atoms with Crippen molar-refractivity contribution in [3.63, 3.8) is 0 Å². The van der Waals surface area contributed by atoms with Crippen LogP contribution in [0.1, 0.15) is 39.3 Å². The Hall–Kier alpha value is -4.24. The van der Waals surface area contributed by atoms with E-state index in [9.17, 15) is 18.0 Å². The fourth-order valence-electron chi connectivity index (χ4n) is 4.49. The minimum absolute atomic E-state index is 0.182. The molecule has 1 N–H and O–H groups in total. The second kappa shape index (κ2) is 9.43. The lowest BCUT2D eigenvalue weighted by atomic mass is 10.0. The van der Waals surface area contributed by atoms with Gasteiger partial charge in [0.25, 0.3) is 5.91 Å². The highest BCUT2D eigenvalue weighted by molar-refractivity contribution is 7.90. The Kier molecular flexibility index (Phi) is 6.15. The van der Waals surface area contributed by atoms with E-state index in [1.165, 1.54) is 12.1 Å². The highest BCUT2D eigenvalue weighted by atomic mass is 32.2. The van der Waals surface area contributed by atoms with E-state index >= 15 is 0 Å². The number of hydrogen-bond acceptors (Lipinski definition) is 5. The third-order valence-electron chi connectivity index (χ3n) is 6.20. The SMILES string of the molecule is CS(=O)(=O)c1ccc(CNC(=O)C2c3ccccc3C(=O)N2C(c2ccccc2)n2cccn2)cc1. The standard InChI is InChI=1S/C27H24N4O4S/c1-36(34,35)21-14-12-19(13-15-21)18-28-25(32)24-22-10-5-6-11-23(22)27(33)31(24)26(30-17-7-16-29-30)20-8-3-2-4-9-20/h2-17,24,26H,18H2,1H3,(H,28,32). The fraction of sp³-hybridized carbons (Fsp3) is 0.148. The van der Waals surface area contributed by atoms with Crippen molar-refractivity contribution in [2.45, 2.75) is 23.6 Å². The lowest BCUT2D eigenvalue weighted by molar-refractivity contribution is -0.126. The van der Waals surface area contributed by atoms with Crippen molar-refractivity contribution >= 4 is 21.7 Å². The maximum Gasteiger partial charge on any atom is 0.257 e. The lowest BCUT2D eigenvalue weighted by Gasteiger charge is -2.33. The van der Waals surface area contributed by atoms with Crippen molar-refractivity contribution < 1.29 is 18.0 Å². The summed E-state index contributed by atoms with van der Waals surface area (Å²) >= 11 is 0. The van der Waals surface area contributed by atoms with Crippen LogP contribution in [-0.4, -0.2) is 41.2 Å². The van der Waals surface area contributed by atoms with Crippen LogP contribution < -0.4 is 5.32 Å². The van der Waals surface area contributed by atoms with E-state index in [0.717, 1.165) is 17.4 Å². The first-order chi connectivity index (χ1) is 17.3. The summed E-state index contributed by atoms with van der Waals surface area (Å²) in [5.41, 5.74) is 2.66. The number of hydrogen-bond donors (Lipinski definition) is 1. The van der Waals surface area contributed by atoms with E-state index in [4.69, 9.17) is 0 Å². The predicted octanol–water partition coefficient (Wildman–Crippen LogP) is 3.35. The summed E-state index contributed by atoms with van der Waals surface area (Å²) in [6, 6.07) is 23.8. The van der Waals surface area contributed by atoms with Crippen LogP contribution in [0.5, 0.6) is 0 Å². The summed E-state index contributed by atoms with van der Waals surface area (Å²) in [5, 5.41) is 7.32. The van der Waals surface area contributed by atoms with E-state index < -0.39 is 22.0 Å². The summed E-state index contributed by atoms with van der Waals surface area (Å²) in [5.74, 6) is -0.596. The zero-order valence-corrected chi connectivity index (χ0v) is 20.3. The molecular formula is C27H24N4O4S. The number of amides is 2. The highest BCUT2D eigenvalue weighted by Crippen LogP contribution is 2.40. The third-order valence-corrected chi connectivity index (χ3v) is 7.33. The first kappa shape index (κ1) is 23.5.